The standard InChI is InChI=1S/C12H17ClN2O/c1-2-11-9-16-7-6-15(11)12-10(8-13)4-3-5-14-12/h3-5,11H,2,6-9H2,1H3. The van der Waals surface area contributed by atoms with Crippen LogP contribution in [0.1, 0.15) is 18.9 Å². The lowest BCUT2D eigenvalue weighted by atomic mass is 10.1. The lowest BCUT2D eigenvalue weighted by molar-refractivity contribution is 0.0925. The topological polar surface area (TPSA) is 25.4 Å². The van der Waals surface area contributed by atoms with Crippen LogP contribution in [0.15, 0.2) is 18.3 Å². The molecule has 1 aliphatic rings. The largest absolute Gasteiger partial charge is 0.377 e. The molecule has 1 aromatic heterocycles. The SMILES string of the molecule is CCC1COCCN1c1ncccc1CCl. The Morgan fingerprint density at radius 3 is 3.25 bits per heavy atom. The van der Waals surface area contributed by atoms with E-state index in [4.69, 9.17) is 16.3 Å². The Morgan fingerprint density at radius 2 is 2.50 bits per heavy atom. The molecule has 2 rings (SSSR count). The van der Waals surface area contributed by atoms with Gasteiger partial charge in [-0.25, -0.2) is 4.98 Å². The van der Waals surface area contributed by atoms with Crippen LogP contribution in [0.3, 0.4) is 0 Å². The number of hydrogen-bond acceptors (Lipinski definition) is 3. The number of nitrogens with zero attached hydrogens (tertiary/aromatic N) is 2. The summed E-state index contributed by atoms with van der Waals surface area (Å²) in [6.45, 7) is 4.64. The number of ether oxygens (including phenoxy) is 1. The van der Waals surface area contributed by atoms with E-state index in [0.29, 0.717) is 11.9 Å². The number of halogens is 1. The fourth-order valence-electron chi connectivity index (χ4n) is 2.07. The molecule has 0 amide bonds. The van der Waals surface area contributed by atoms with E-state index in [0.717, 1.165) is 37.6 Å². The summed E-state index contributed by atoms with van der Waals surface area (Å²) in [5.41, 5.74) is 1.10. The third-order valence-electron chi connectivity index (χ3n) is 2.98. The second-order valence-corrected chi connectivity index (χ2v) is 4.22. The fourth-order valence-corrected chi connectivity index (χ4v) is 2.27. The number of rotatable bonds is 3. The van der Waals surface area contributed by atoms with E-state index < -0.39 is 0 Å². The first kappa shape index (κ1) is 11.7. The van der Waals surface area contributed by atoms with Gasteiger partial charge in [0.05, 0.1) is 25.1 Å². The van der Waals surface area contributed by atoms with Gasteiger partial charge in [0.15, 0.2) is 0 Å². The Balaban J connectivity index is 2.26. The zero-order chi connectivity index (χ0) is 11.4. The highest BCUT2D eigenvalue weighted by atomic mass is 35.5. The van der Waals surface area contributed by atoms with Gasteiger partial charge in [-0.3, -0.25) is 0 Å². The van der Waals surface area contributed by atoms with E-state index in [1.54, 1.807) is 0 Å². The maximum atomic E-state index is 5.94. The molecule has 1 aliphatic heterocycles. The summed E-state index contributed by atoms with van der Waals surface area (Å²) in [6, 6.07) is 4.39. The summed E-state index contributed by atoms with van der Waals surface area (Å²) in [7, 11) is 0. The molecule has 0 bridgehead atoms. The lowest BCUT2D eigenvalue weighted by Crippen LogP contribution is -2.46. The number of pyridine rings is 1. The number of anilines is 1. The Morgan fingerprint density at radius 1 is 1.62 bits per heavy atom. The summed E-state index contributed by atoms with van der Waals surface area (Å²) in [6.07, 6.45) is 2.89. The molecule has 1 unspecified atom stereocenters. The highest BCUT2D eigenvalue weighted by molar-refractivity contribution is 6.17. The molecule has 0 saturated carbocycles. The van der Waals surface area contributed by atoms with Crippen molar-refractivity contribution in [1.29, 1.82) is 0 Å². The van der Waals surface area contributed by atoms with Crippen molar-refractivity contribution >= 4 is 17.4 Å². The van der Waals surface area contributed by atoms with Crippen molar-refractivity contribution in [3.63, 3.8) is 0 Å². The molecule has 0 aliphatic carbocycles. The molecule has 1 atom stereocenters. The molecule has 0 N–H and O–H groups in total. The van der Waals surface area contributed by atoms with Crippen LogP contribution in [0.2, 0.25) is 0 Å². The summed E-state index contributed by atoms with van der Waals surface area (Å²) in [4.78, 5) is 6.78. The molecule has 1 fully saturated rings. The average molecular weight is 241 g/mol. The molecule has 2 heterocycles. The lowest BCUT2D eigenvalue weighted by Gasteiger charge is -2.36. The van der Waals surface area contributed by atoms with Gasteiger partial charge >= 0.3 is 0 Å². The first-order valence-electron chi connectivity index (χ1n) is 5.71. The molecule has 88 valence electrons. The van der Waals surface area contributed by atoms with Gasteiger partial charge in [-0.1, -0.05) is 13.0 Å². The van der Waals surface area contributed by atoms with Crippen LogP contribution in [-0.2, 0) is 10.6 Å². The number of hydrogen-bond donors (Lipinski definition) is 0. The van der Waals surface area contributed by atoms with Gasteiger partial charge in [-0.15, -0.1) is 11.6 Å². The number of alkyl halides is 1. The van der Waals surface area contributed by atoms with Crippen LogP contribution in [0.4, 0.5) is 5.82 Å². The number of morpholine rings is 1. The average Bonchev–Trinajstić information content (AvgIpc) is 2.38. The van der Waals surface area contributed by atoms with Crippen LogP contribution >= 0.6 is 11.6 Å². The second kappa shape index (κ2) is 5.51. The Kier molecular flexibility index (Phi) is 4.02. The third kappa shape index (κ3) is 2.30. The van der Waals surface area contributed by atoms with E-state index in [1.807, 2.05) is 18.3 Å². The van der Waals surface area contributed by atoms with Gasteiger partial charge in [0.25, 0.3) is 0 Å². The van der Waals surface area contributed by atoms with Crippen LogP contribution < -0.4 is 4.90 Å². The van der Waals surface area contributed by atoms with E-state index in [9.17, 15) is 0 Å². The van der Waals surface area contributed by atoms with Gasteiger partial charge in [-0.2, -0.15) is 0 Å². The summed E-state index contributed by atoms with van der Waals surface area (Å²) < 4.78 is 5.50. The first-order chi connectivity index (χ1) is 7.86. The normalized spacial score (nSPS) is 21.1. The molecule has 4 heteroatoms. The van der Waals surface area contributed by atoms with Crippen molar-refractivity contribution in [3.05, 3.63) is 23.9 Å². The zero-order valence-corrected chi connectivity index (χ0v) is 10.3. The molecule has 16 heavy (non-hydrogen) atoms. The first-order valence-corrected chi connectivity index (χ1v) is 6.24. The highest BCUT2D eigenvalue weighted by Crippen LogP contribution is 2.24. The van der Waals surface area contributed by atoms with E-state index in [-0.39, 0.29) is 0 Å². The van der Waals surface area contributed by atoms with E-state index in [2.05, 4.69) is 16.8 Å². The number of aromatic nitrogens is 1. The van der Waals surface area contributed by atoms with E-state index in [1.165, 1.54) is 0 Å². The van der Waals surface area contributed by atoms with Gasteiger partial charge in [0.2, 0.25) is 0 Å². The highest BCUT2D eigenvalue weighted by Gasteiger charge is 2.24. The Labute approximate surface area is 101 Å². The second-order valence-electron chi connectivity index (χ2n) is 3.95. The minimum atomic E-state index is 0.422. The van der Waals surface area contributed by atoms with Crippen molar-refractivity contribution in [3.8, 4) is 0 Å². The molecule has 0 spiro atoms. The molecule has 1 aromatic rings. The molecule has 0 aromatic carbocycles. The predicted octanol–water partition coefficient (Wildman–Crippen LogP) is 2.44. The van der Waals surface area contributed by atoms with Gasteiger partial charge in [0, 0.05) is 18.3 Å². The predicted molar refractivity (Wildman–Crippen MR) is 66.0 cm³/mol. The quantitative estimate of drug-likeness (QED) is 0.759. The minimum absolute atomic E-state index is 0.422. The van der Waals surface area contributed by atoms with Gasteiger partial charge in [0.1, 0.15) is 5.82 Å². The Hall–Kier alpha value is -0.800. The van der Waals surface area contributed by atoms with Crippen LogP contribution in [0.25, 0.3) is 0 Å². The molecular formula is C12H17ClN2O. The van der Waals surface area contributed by atoms with E-state index >= 15 is 0 Å². The summed E-state index contributed by atoms with van der Waals surface area (Å²) >= 11 is 5.94. The van der Waals surface area contributed by atoms with Gasteiger partial charge in [-0.05, 0) is 12.5 Å². The molecule has 3 nitrogen and oxygen atoms in total. The fraction of sp³-hybridized carbons (Fsp3) is 0.583. The summed E-state index contributed by atoms with van der Waals surface area (Å²) in [5.74, 6) is 1.53. The third-order valence-corrected chi connectivity index (χ3v) is 3.27. The summed E-state index contributed by atoms with van der Waals surface area (Å²) in [5, 5.41) is 0. The Bertz CT molecular complexity index is 346. The van der Waals surface area contributed by atoms with Crippen molar-refractivity contribution in [2.75, 3.05) is 24.7 Å². The van der Waals surface area contributed by atoms with Gasteiger partial charge < -0.3 is 9.64 Å². The molecule has 0 radical (unpaired) electrons. The van der Waals surface area contributed by atoms with Crippen LogP contribution in [0, 0.1) is 0 Å². The smallest absolute Gasteiger partial charge is 0.133 e. The van der Waals surface area contributed by atoms with Crippen LogP contribution in [-0.4, -0.2) is 30.8 Å². The van der Waals surface area contributed by atoms with Crippen LogP contribution in [0.5, 0.6) is 0 Å². The molecule has 1 saturated heterocycles. The minimum Gasteiger partial charge on any atom is -0.377 e. The maximum absolute atomic E-state index is 5.94. The van der Waals surface area contributed by atoms with Crippen molar-refractivity contribution in [2.24, 2.45) is 0 Å². The maximum Gasteiger partial charge on any atom is 0.133 e. The van der Waals surface area contributed by atoms with Crippen molar-refractivity contribution < 1.29 is 4.74 Å². The monoisotopic (exact) mass is 240 g/mol. The van der Waals surface area contributed by atoms with Crippen molar-refractivity contribution in [2.45, 2.75) is 25.3 Å². The van der Waals surface area contributed by atoms with Crippen molar-refractivity contribution in [1.82, 2.24) is 4.98 Å². The zero-order valence-electron chi connectivity index (χ0n) is 9.53. The molecular weight excluding hydrogens is 224 g/mol.